The molecule has 0 bridgehead atoms. The van der Waals surface area contributed by atoms with Crippen molar-refractivity contribution in [3.05, 3.63) is 12.3 Å². The van der Waals surface area contributed by atoms with Crippen LogP contribution in [0.15, 0.2) is 12.3 Å². The Kier molecular flexibility index (Phi) is 2.72. The number of hydrogen-bond acceptors (Lipinski definition) is 2. The summed E-state index contributed by atoms with van der Waals surface area (Å²) in [6, 6.07) is 0. The number of carbonyl (C=O) groups excluding carboxylic acids is 1. The third-order valence-corrected chi connectivity index (χ3v) is 2.27. The summed E-state index contributed by atoms with van der Waals surface area (Å²) in [6.07, 6.45) is 0.669. The first kappa shape index (κ1) is 11.2. The zero-order valence-corrected chi connectivity index (χ0v) is 9.44. The fraction of sp³-hybridized carbons (Fsp3) is 0.727. The van der Waals surface area contributed by atoms with E-state index >= 15 is 0 Å². The number of amides is 1. The van der Waals surface area contributed by atoms with Crippen LogP contribution in [0, 0.1) is 5.41 Å². The molecule has 3 heteroatoms. The van der Waals surface area contributed by atoms with E-state index in [1.54, 1.807) is 0 Å². The minimum atomic E-state index is -0.440. The Labute approximate surface area is 85.5 Å². The molecule has 1 atom stereocenters. The molecular formula is C11H19NO2. The minimum absolute atomic E-state index is 0.0201. The summed E-state index contributed by atoms with van der Waals surface area (Å²) in [7, 11) is 0. The smallest absolute Gasteiger partial charge is 0.232 e. The molecule has 1 saturated heterocycles. The van der Waals surface area contributed by atoms with Crippen LogP contribution in [-0.2, 0) is 9.53 Å². The van der Waals surface area contributed by atoms with Crippen LogP contribution < -0.4 is 5.32 Å². The van der Waals surface area contributed by atoms with Crippen molar-refractivity contribution < 1.29 is 9.53 Å². The van der Waals surface area contributed by atoms with Gasteiger partial charge < -0.3 is 10.1 Å². The van der Waals surface area contributed by atoms with Gasteiger partial charge in [-0.05, 0) is 27.7 Å². The van der Waals surface area contributed by atoms with E-state index in [4.69, 9.17) is 4.74 Å². The molecule has 0 aromatic rings. The number of hydrogen-bond donors (Lipinski definition) is 1. The second kappa shape index (κ2) is 3.39. The fourth-order valence-corrected chi connectivity index (χ4v) is 1.40. The predicted molar refractivity (Wildman–Crippen MR) is 55.7 cm³/mol. The monoisotopic (exact) mass is 197 g/mol. The lowest BCUT2D eigenvalue weighted by Gasteiger charge is -2.26. The molecule has 3 nitrogen and oxygen atoms in total. The maximum atomic E-state index is 11.6. The average molecular weight is 197 g/mol. The number of carbonyl (C=O) groups is 1. The SMILES string of the molecule is C=C1CC(C)(COC(C)(C)C)C(=O)N1. The second-order valence-electron chi connectivity index (χ2n) is 5.20. The fourth-order valence-electron chi connectivity index (χ4n) is 1.40. The molecule has 1 unspecified atom stereocenters. The van der Waals surface area contributed by atoms with Crippen LogP contribution in [0.25, 0.3) is 0 Å². The van der Waals surface area contributed by atoms with E-state index in [0.29, 0.717) is 13.0 Å². The highest BCUT2D eigenvalue weighted by molar-refractivity contribution is 5.87. The van der Waals surface area contributed by atoms with Crippen LogP contribution in [0.2, 0.25) is 0 Å². The van der Waals surface area contributed by atoms with Crippen LogP contribution in [0.5, 0.6) is 0 Å². The van der Waals surface area contributed by atoms with Crippen LogP contribution >= 0.6 is 0 Å². The van der Waals surface area contributed by atoms with E-state index in [9.17, 15) is 4.79 Å². The van der Waals surface area contributed by atoms with E-state index in [1.165, 1.54) is 0 Å². The molecule has 1 fully saturated rings. The van der Waals surface area contributed by atoms with Crippen molar-refractivity contribution in [2.75, 3.05) is 6.61 Å². The Hall–Kier alpha value is -0.830. The minimum Gasteiger partial charge on any atom is -0.375 e. The van der Waals surface area contributed by atoms with E-state index < -0.39 is 5.41 Å². The van der Waals surface area contributed by atoms with Gasteiger partial charge in [0.25, 0.3) is 0 Å². The van der Waals surface area contributed by atoms with Gasteiger partial charge in [-0.3, -0.25) is 4.79 Å². The summed E-state index contributed by atoms with van der Waals surface area (Å²) < 4.78 is 5.63. The highest BCUT2D eigenvalue weighted by atomic mass is 16.5. The van der Waals surface area contributed by atoms with Gasteiger partial charge in [0.05, 0.1) is 17.6 Å². The van der Waals surface area contributed by atoms with Crippen molar-refractivity contribution in [2.24, 2.45) is 5.41 Å². The number of ether oxygens (including phenoxy) is 1. The standard InChI is InChI=1S/C11H19NO2/c1-8-6-11(5,9(13)12-8)7-14-10(2,3)4/h1,6-7H2,2-5H3,(H,12,13). The Morgan fingerprint density at radius 2 is 2.14 bits per heavy atom. The summed E-state index contributed by atoms with van der Waals surface area (Å²) in [5, 5.41) is 2.73. The molecule has 14 heavy (non-hydrogen) atoms. The number of allylic oxidation sites excluding steroid dienone is 1. The molecule has 1 aliphatic rings. The third kappa shape index (κ3) is 2.58. The summed E-state index contributed by atoms with van der Waals surface area (Å²) in [6.45, 7) is 12.1. The third-order valence-electron chi connectivity index (χ3n) is 2.27. The Morgan fingerprint density at radius 1 is 1.57 bits per heavy atom. The molecule has 0 aromatic heterocycles. The lowest BCUT2D eigenvalue weighted by Crippen LogP contribution is -2.35. The van der Waals surface area contributed by atoms with Crippen LogP contribution in [0.4, 0.5) is 0 Å². The van der Waals surface area contributed by atoms with Crippen molar-refractivity contribution >= 4 is 5.91 Å². The average Bonchev–Trinajstić information content (AvgIpc) is 2.22. The van der Waals surface area contributed by atoms with Gasteiger partial charge in [-0.1, -0.05) is 6.58 Å². The molecule has 1 N–H and O–H groups in total. The first-order chi connectivity index (χ1) is 6.23. The molecule has 0 radical (unpaired) electrons. The van der Waals surface area contributed by atoms with Crippen molar-refractivity contribution in [3.8, 4) is 0 Å². The number of nitrogens with one attached hydrogen (secondary N) is 1. The summed E-state index contributed by atoms with van der Waals surface area (Å²) >= 11 is 0. The molecule has 80 valence electrons. The number of rotatable bonds is 2. The highest BCUT2D eigenvalue weighted by Crippen LogP contribution is 2.32. The van der Waals surface area contributed by atoms with Gasteiger partial charge in [0.1, 0.15) is 0 Å². The van der Waals surface area contributed by atoms with E-state index in [1.807, 2.05) is 27.7 Å². The zero-order chi connectivity index (χ0) is 11.0. The van der Waals surface area contributed by atoms with Crippen LogP contribution in [0.3, 0.4) is 0 Å². The van der Waals surface area contributed by atoms with Gasteiger partial charge in [-0.2, -0.15) is 0 Å². The maximum absolute atomic E-state index is 11.6. The van der Waals surface area contributed by atoms with Crippen LogP contribution in [-0.4, -0.2) is 18.1 Å². The molecule has 0 spiro atoms. The first-order valence-electron chi connectivity index (χ1n) is 4.86. The molecule has 1 aliphatic heterocycles. The lowest BCUT2D eigenvalue weighted by molar-refractivity contribution is -0.133. The van der Waals surface area contributed by atoms with Crippen molar-refractivity contribution in [1.29, 1.82) is 0 Å². The molecule has 1 amide bonds. The van der Waals surface area contributed by atoms with Gasteiger partial charge in [0.15, 0.2) is 0 Å². The van der Waals surface area contributed by atoms with Crippen LogP contribution in [0.1, 0.15) is 34.1 Å². The Balaban J connectivity index is 2.59. The summed E-state index contributed by atoms with van der Waals surface area (Å²) in [5.74, 6) is 0.0201. The summed E-state index contributed by atoms with van der Waals surface area (Å²) in [4.78, 5) is 11.6. The summed E-state index contributed by atoms with van der Waals surface area (Å²) in [5.41, 5.74) is 0.146. The van der Waals surface area contributed by atoms with E-state index in [0.717, 1.165) is 5.70 Å². The molecule has 1 rings (SSSR count). The van der Waals surface area contributed by atoms with Gasteiger partial charge in [-0.15, -0.1) is 0 Å². The molecule has 0 saturated carbocycles. The van der Waals surface area contributed by atoms with Crippen molar-refractivity contribution in [2.45, 2.75) is 39.7 Å². The quantitative estimate of drug-likeness (QED) is 0.733. The van der Waals surface area contributed by atoms with Crippen molar-refractivity contribution in [3.63, 3.8) is 0 Å². The molecular weight excluding hydrogens is 178 g/mol. The molecule has 0 aliphatic carbocycles. The van der Waals surface area contributed by atoms with E-state index in [-0.39, 0.29) is 11.5 Å². The van der Waals surface area contributed by atoms with Gasteiger partial charge in [0.2, 0.25) is 5.91 Å². The lowest BCUT2D eigenvalue weighted by atomic mass is 9.89. The molecule has 0 aromatic carbocycles. The maximum Gasteiger partial charge on any atom is 0.232 e. The predicted octanol–water partition coefficient (Wildman–Crippen LogP) is 1.84. The largest absolute Gasteiger partial charge is 0.375 e. The first-order valence-corrected chi connectivity index (χ1v) is 4.86. The highest BCUT2D eigenvalue weighted by Gasteiger charge is 2.40. The van der Waals surface area contributed by atoms with E-state index in [2.05, 4.69) is 11.9 Å². The Bertz CT molecular complexity index is 265. The van der Waals surface area contributed by atoms with Gasteiger partial charge >= 0.3 is 0 Å². The van der Waals surface area contributed by atoms with Gasteiger partial charge in [0, 0.05) is 12.1 Å². The topological polar surface area (TPSA) is 38.3 Å². The Morgan fingerprint density at radius 3 is 2.50 bits per heavy atom. The normalized spacial score (nSPS) is 28.0. The molecule has 1 heterocycles. The zero-order valence-electron chi connectivity index (χ0n) is 9.44. The van der Waals surface area contributed by atoms with Crippen molar-refractivity contribution in [1.82, 2.24) is 5.32 Å². The van der Waals surface area contributed by atoms with Gasteiger partial charge in [-0.25, -0.2) is 0 Å². The second-order valence-corrected chi connectivity index (χ2v) is 5.20.